The minimum atomic E-state index is -3.65. The summed E-state index contributed by atoms with van der Waals surface area (Å²) >= 11 is 6.14. The summed E-state index contributed by atoms with van der Waals surface area (Å²) in [5, 5.41) is 3.08. The van der Waals surface area contributed by atoms with Gasteiger partial charge >= 0.3 is 0 Å². The average Bonchev–Trinajstić information content (AvgIpc) is 2.65. The number of nitrogens with zero attached hydrogens (tertiary/aromatic N) is 1. The first-order valence-electron chi connectivity index (χ1n) is 9.43. The highest BCUT2D eigenvalue weighted by Gasteiger charge is 2.29. The molecule has 5 nitrogen and oxygen atoms in total. The molecule has 26 heavy (non-hydrogen) atoms. The third-order valence-corrected chi connectivity index (χ3v) is 7.25. The van der Waals surface area contributed by atoms with Crippen LogP contribution in [0.5, 0.6) is 0 Å². The summed E-state index contributed by atoms with van der Waals surface area (Å²) in [6.45, 7) is 2.65. The molecular weight excluding hydrogens is 372 g/mol. The van der Waals surface area contributed by atoms with Gasteiger partial charge in [0.25, 0.3) is 5.91 Å². The molecule has 1 aromatic carbocycles. The Bertz CT molecular complexity index is 715. The zero-order valence-corrected chi connectivity index (χ0v) is 17.2. The van der Waals surface area contributed by atoms with Crippen LogP contribution < -0.4 is 5.32 Å². The molecule has 0 bridgehead atoms. The number of carbonyl (C=O) groups excluding carboxylic acids is 1. The summed E-state index contributed by atoms with van der Waals surface area (Å²) in [7, 11) is -2.02. The maximum atomic E-state index is 13.0. The van der Waals surface area contributed by atoms with Gasteiger partial charge < -0.3 is 5.32 Å². The van der Waals surface area contributed by atoms with Gasteiger partial charge in [-0.25, -0.2) is 8.42 Å². The number of benzene rings is 1. The molecule has 1 N–H and O–H groups in total. The predicted molar refractivity (Wildman–Crippen MR) is 105 cm³/mol. The van der Waals surface area contributed by atoms with Crippen LogP contribution in [0.15, 0.2) is 23.1 Å². The van der Waals surface area contributed by atoms with E-state index in [1.165, 1.54) is 22.5 Å². The third kappa shape index (κ3) is 5.21. The number of hydrogen-bond acceptors (Lipinski definition) is 3. The number of sulfonamides is 1. The molecule has 1 aromatic rings. The first-order valence-corrected chi connectivity index (χ1v) is 11.3. The van der Waals surface area contributed by atoms with Crippen LogP contribution in [0.2, 0.25) is 5.02 Å². The SMILES string of the molecule is CCCCCNC(=O)c1cc(S(=O)(=O)N(C)C2CCCCC2)ccc1Cl. The first-order chi connectivity index (χ1) is 12.4. The molecule has 1 aliphatic rings. The Morgan fingerprint density at radius 2 is 1.92 bits per heavy atom. The van der Waals surface area contributed by atoms with Gasteiger partial charge in [-0.05, 0) is 37.5 Å². The lowest BCUT2D eigenvalue weighted by Crippen LogP contribution is -2.38. The van der Waals surface area contributed by atoms with Crippen molar-refractivity contribution < 1.29 is 13.2 Å². The highest BCUT2D eigenvalue weighted by atomic mass is 35.5. The fourth-order valence-corrected chi connectivity index (χ4v) is 4.96. The molecule has 0 unspecified atom stereocenters. The number of hydrogen-bond donors (Lipinski definition) is 1. The van der Waals surface area contributed by atoms with Crippen molar-refractivity contribution in [3.8, 4) is 0 Å². The van der Waals surface area contributed by atoms with E-state index in [1.807, 2.05) is 0 Å². The van der Waals surface area contributed by atoms with Crippen molar-refractivity contribution in [1.29, 1.82) is 0 Å². The van der Waals surface area contributed by atoms with Crippen molar-refractivity contribution in [2.24, 2.45) is 0 Å². The molecule has 1 amide bonds. The molecule has 7 heteroatoms. The van der Waals surface area contributed by atoms with Crippen LogP contribution in [0.1, 0.15) is 68.6 Å². The Morgan fingerprint density at radius 3 is 2.58 bits per heavy atom. The van der Waals surface area contributed by atoms with Gasteiger partial charge in [0.1, 0.15) is 0 Å². The number of unbranched alkanes of at least 4 members (excludes halogenated alkanes) is 2. The van der Waals surface area contributed by atoms with Gasteiger partial charge in [-0.1, -0.05) is 50.6 Å². The molecule has 1 aliphatic carbocycles. The first kappa shape index (κ1) is 21.2. The van der Waals surface area contributed by atoms with Crippen LogP contribution >= 0.6 is 11.6 Å². The highest BCUT2D eigenvalue weighted by molar-refractivity contribution is 7.89. The van der Waals surface area contributed by atoms with Gasteiger partial charge in [0.15, 0.2) is 0 Å². The quantitative estimate of drug-likeness (QED) is 0.664. The van der Waals surface area contributed by atoms with E-state index < -0.39 is 10.0 Å². The molecule has 0 heterocycles. The molecule has 0 aromatic heterocycles. The van der Waals surface area contributed by atoms with E-state index in [-0.39, 0.29) is 27.4 Å². The number of halogens is 1. The van der Waals surface area contributed by atoms with E-state index in [0.717, 1.165) is 51.4 Å². The second-order valence-electron chi connectivity index (χ2n) is 6.92. The topological polar surface area (TPSA) is 66.5 Å². The molecule has 0 radical (unpaired) electrons. The molecule has 146 valence electrons. The van der Waals surface area contributed by atoms with Gasteiger partial charge in [0.05, 0.1) is 15.5 Å². The lowest BCUT2D eigenvalue weighted by molar-refractivity contribution is 0.0953. The van der Waals surface area contributed by atoms with Crippen molar-refractivity contribution >= 4 is 27.5 Å². The van der Waals surface area contributed by atoms with E-state index in [4.69, 9.17) is 11.6 Å². The second-order valence-corrected chi connectivity index (χ2v) is 9.32. The minimum Gasteiger partial charge on any atom is -0.352 e. The molecule has 0 atom stereocenters. The fourth-order valence-electron chi connectivity index (χ4n) is 3.32. The standard InChI is InChI=1S/C19H29ClN2O3S/c1-3-4-8-13-21-19(23)17-14-16(11-12-18(17)20)26(24,25)22(2)15-9-6-5-7-10-15/h11-12,14-15H,3-10,13H2,1-2H3,(H,21,23). The molecule has 1 fully saturated rings. The number of nitrogens with one attached hydrogen (secondary N) is 1. The molecule has 2 rings (SSSR count). The lowest BCUT2D eigenvalue weighted by atomic mass is 9.96. The predicted octanol–water partition coefficient (Wildman–Crippen LogP) is 4.21. The van der Waals surface area contributed by atoms with Gasteiger partial charge in [0, 0.05) is 19.6 Å². The Balaban J connectivity index is 2.17. The third-order valence-electron chi connectivity index (χ3n) is 5.01. The van der Waals surface area contributed by atoms with Gasteiger partial charge in [-0.3, -0.25) is 4.79 Å². The van der Waals surface area contributed by atoms with Crippen LogP contribution in [-0.2, 0) is 10.0 Å². The zero-order chi connectivity index (χ0) is 19.2. The van der Waals surface area contributed by atoms with Crippen LogP contribution in [-0.4, -0.2) is 38.3 Å². The Kier molecular flexibility index (Phi) is 7.92. The number of amides is 1. The van der Waals surface area contributed by atoms with Crippen molar-refractivity contribution in [3.05, 3.63) is 28.8 Å². The van der Waals surface area contributed by atoms with Gasteiger partial charge in [-0.2, -0.15) is 4.31 Å². The van der Waals surface area contributed by atoms with E-state index in [9.17, 15) is 13.2 Å². The van der Waals surface area contributed by atoms with Crippen LogP contribution in [0, 0.1) is 0 Å². The lowest BCUT2D eigenvalue weighted by Gasteiger charge is -2.30. The second kappa shape index (κ2) is 9.72. The molecule has 0 aliphatic heterocycles. The van der Waals surface area contributed by atoms with E-state index in [1.54, 1.807) is 7.05 Å². The Labute approximate surface area is 162 Å². The number of carbonyl (C=O) groups is 1. The molecule has 1 saturated carbocycles. The summed E-state index contributed by atoms with van der Waals surface area (Å²) < 4.78 is 27.4. The van der Waals surface area contributed by atoms with Crippen molar-refractivity contribution in [3.63, 3.8) is 0 Å². The average molecular weight is 401 g/mol. The monoisotopic (exact) mass is 400 g/mol. The van der Waals surface area contributed by atoms with Crippen LogP contribution in [0.3, 0.4) is 0 Å². The van der Waals surface area contributed by atoms with E-state index >= 15 is 0 Å². The Hall–Kier alpha value is -1.11. The maximum Gasteiger partial charge on any atom is 0.252 e. The fraction of sp³-hybridized carbons (Fsp3) is 0.632. The zero-order valence-electron chi connectivity index (χ0n) is 15.6. The number of rotatable bonds is 8. The highest BCUT2D eigenvalue weighted by Crippen LogP contribution is 2.28. The van der Waals surface area contributed by atoms with E-state index in [2.05, 4.69) is 12.2 Å². The normalized spacial score (nSPS) is 16.0. The molecule has 0 saturated heterocycles. The largest absolute Gasteiger partial charge is 0.352 e. The summed E-state index contributed by atoms with van der Waals surface area (Å²) in [6, 6.07) is 4.39. The van der Waals surface area contributed by atoms with Crippen molar-refractivity contribution in [1.82, 2.24) is 9.62 Å². The summed E-state index contributed by atoms with van der Waals surface area (Å²) in [6.07, 6.45) is 8.03. The van der Waals surface area contributed by atoms with Gasteiger partial charge in [0.2, 0.25) is 10.0 Å². The summed E-state index contributed by atoms with van der Waals surface area (Å²) in [5.74, 6) is -0.330. The summed E-state index contributed by atoms with van der Waals surface area (Å²) in [5.41, 5.74) is 0.210. The van der Waals surface area contributed by atoms with Gasteiger partial charge in [-0.15, -0.1) is 0 Å². The Morgan fingerprint density at radius 1 is 1.23 bits per heavy atom. The van der Waals surface area contributed by atoms with Crippen molar-refractivity contribution in [2.45, 2.75) is 69.2 Å². The maximum absolute atomic E-state index is 13.0. The van der Waals surface area contributed by atoms with Crippen LogP contribution in [0.25, 0.3) is 0 Å². The smallest absolute Gasteiger partial charge is 0.252 e. The molecular formula is C19H29ClN2O3S. The van der Waals surface area contributed by atoms with E-state index in [0.29, 0.717) is 6.54 Å². The molecule has 0 spiro atoms. The van der Waals surface area contributed by atoms with Crippen LogP contribution in [0.4, 0.5) is 0 Å². The minimum absolute atomic E-state index is 0.0238. The van der Waals surface area contributed by atoms with Crippen molar-refractivity contribution in [2.75, 3.05) is 13.6 Å². The summed E-state index contributed by atoms with van der Waals surface area (Å²) in [4.78, 5) is 12.5.